The lowest BCUT2D eigenvalue weighted by atomic mass is 9.77. The first-order valence-corrected chi connectivity index (χ1v) is 22.2. The minimum absolute atomic E-state index is 0.0785. The Labute approximate surface area is 372 Å². The van der Waals surface area contributed by atoms with Crippen LogP contribution in [0.5, 0.6) is 0 Å². The van der Waals surface area contributed by atoms with Gasteiger partial charge in [-0.15, -0.1) is 0 Å². The van der Waals surface area contributed by atoms with Gasteiger partial charge in [-0.3, -0.25) is 0 Å². The summed E-state index contributed by atoms with van der Waals surface area (Å²) in [5.74, 6) is 1.04. The lowest BCUT2D eigenvalue weighted by Gasteiger charge is -2.37. The van der Waals surface area contributed by atoms with Gasteiger partial charge in [0.25, 0.3) is 0 Å². The number of hydrogen-bond donors (Lipinski definition) is 1. The van der Waals surface area contributed by atoms with Crippen LogP contribution in [-0.2, 0) is 0 Å². The number of nitrogens with zero attached hydrogens (tertiary/aromatic N) is 3. The van der Waals surface area contributed by atoms with E-state index in [9.17, 15) is 0 Å². The number of anilines is 2. The van der Waals surface area contributed by atoms with Gasteiger partial charge in [-0.1, -0.05) is 152 Å². The Morgan fingerprint density at radius 1 is 0.516 bits per heavy atom. The maximum Gasteiger partial charge on any atom is 0.134 e. The maximum atomic E-state index is 5.30. The van der Waals surface area contributed by atoms with Crippen molar-refractivity contribution in [2.45, 2.75) is 12.1 Å². The molecule has 2 aliphatic heterocycles. The molecule has 4 heteroatoms. The summed E-state index contributed by atoms with van der Waals surface area (Å²) in [6.07, 6.45) is 11.4. The fourth-order valence-corrected chi connectivity index (χ4v) is 10.7. The number of benzene rings is 8. The van der Waals surface area contributed by atoms with Gasteiger partial charge in [-0.05, 0) is 122 Å². The number of aromatic nitrogens is 1. The van der Waals surface area contributed by atoms with E-state index in [1.807, 2.05) is 0 Å². The zero-order valence-corrected chi connectivity index (χ0v) is 35.0. The van der Waals surface area contributed by atoms with Crippen molar-refractivity contribution in [3.8, 4) is 27.9 Å². The van der Waals surface area contributed by atoms with Gasteiger partial charge < -0.3 is 14.8 Å². The first-order valence-electron chi connectivity index (χ1n) is 22.2. The van der Waals surface area contributed by atoms with Crippen LogP contribution in [0.1, 0.15) is 28.3 Å². The molecular formula is C60H42N4. The molecule has 0 saturated heterocycles. The van der Waals surface area contributed by atoms with Gasteiger partial charge in [-0.2, -0.15) is 0 Å². The maximum absolute atomic E-state index is 5.30. The van der Waals surface area contributed by atoms with Gasteiger partial charge in [0, 0.05) is 45.6 Å². The van der Waals surface area contributed by atoms with Crippen LogP contribution >= 0.6 is 0 Å². The van der Waals surface area contributed by atoms with Crippen LogP contribution in [0, 0.1) is 5.92 Å². The highest BCUT2D eigenvalue weighted by atomic mass is 15.2. The molecule has 64 heavy (non-hydrogen) atoms. The molecule has 9 aromatic rings. The lowest BCUT2D eigenvalue weighted by Crippen LogP contribution is -2.45. The Hall–Kier alpha value is -8.21. The van der Waals surface area contributed by atoms with E-state index < -0.39 is 0 Å². The van der Waals surface area contributed by atoms with Crippen LogP contribution in [0.4, 0.5) is 17.1 Å². The second kappa shape index (κ2) is 14.7. The molecule has 0 fully saturated rings. The molecule has 13 rings (SSSR count). The minimum Gasteiger partial charge on any atom is -0.359 e. The van der Waals surface area contributed by atoms with Crippen LogP contribution in [0.25, 0.3) is 50.0 Å². The van der Waals surface area contributed by atoms with E-state index in [0.29, 0.717) is 0 Å². The number of allylic oxidation sites excluding steroid dienone is 3. The van der Waals surface area contributed by atoms with Gasteiger partial charge in [0.05, 0.1) is 29.0 Å². The predicted molar refractivity (Wildman–Crippen MR) is 264 cm³/mol. The van der Waals surface area contributed by atoms with Gasteiger partial charge >= 0.3 is 0 Å². The molecule has 3 unspecified atom stereocenters. The van der Waals surface area contributed by atoms with Crippen LogP contribution < -0.4 is 20.7 Å². The smallest absolute Gasteiger partial charge is 0.134 e. The first kappa shape index (κ1) is 36.4. The van der Waals surface area contributed by atoms with E-state index in [4.69, 9.17) is 4.99 Å². The molecule has 0 spiro atoms. The number of aliphatic imine (C=N–C) groups is 1. The summed E-state index contributed by atoms with van der Waals surface area (Å²) < 4.78 is 2.32. The summed E-state index contributed by atoms with van der Waals surface area (Å²) in [6.45, 7) is 0. The molecule has 1 aromatic heterocycles. The molecule has 4 nitrogen and oxygen atoms in total. The molecule has 0 bridgehead atoms. The predicted octanol–water partition coefficient (Wildman–Crippen LogP) is 12.4. The van der Waals surface area contributed by atoms with Crippen LogP contribution in [-0.4, -0.2) is 16.4 Å². The fraction of sp³-hybridized carbons (Fsp3) is 0.0500. The van der Waals surface area contributed by atoms with Crippen LogP contribution in [0.15, 0.2) is 236 Å². The van der Waals surface area contributed by atoms with Gasteiger partial charge in [0.1, 0.15) is 5.84 Å². The Morgan fingerprint density at radius 3 is 1.94 bits per heavy atom. The third-order valence-corrected chi connectivity index (χ3v) is 13.6. The highest BCUT2D eigenvalue weighted by molar-refractivity contribution is 6.08. The van der Waals surface area contributed by atoms with Gasteiger partial charge in [0.15, 0.2) is 0 Å². The Morgan fingerprint density at radius 2 is 1.19 bits per heavy atom. The van der Waals surface area contributed by atoms with Crippen molar-refractivity contribution in [1.29, 1.82) is 0 Å². The molecule has 0 amide bonds. The zero-order valence-electron chi connectivity index (χ0n) is 35.0. The molecule has 3 atom stereocenters. The van der Waals surface area contributed by atoms with E-state index in [1.54, 1.807) is 0 Å². The van der Waals surface area contributed by atoms with E-state index in [-0.39, 0.29) is 18.0 Å². The first-order chi connectivity index (χ1) is 31.7. The van der Waals surface area contributed by atoms with Crippen molar-refractivity contribution in [2.75, 3.05) is 4.90 Å². The third-order valence-electron chi connectivity index (χ3n) is 13.6. The molecular weight excluding hydrogens is 777 g/mol. The quantitative estimate of drug-likeness (QED) is 0.181. The number of para-hydroxylation sites is 2. The Balaban J connectivity index is 0.941. The molecule has 0 saturated carbocycles. The number of rotatable bonds is 6. The normalized spacial score (nSPS) is 17.8. The average molecular weight is 819 g/mol. The summed E-state index contributed by atoms with van der Waals surface area (Å²) >= 11 is 0. The van der Waals surface area contributed by atoms with Crippen molar-refractivity contribution in [1.82, 2.24) is 9.88 Å². The minimum atomic E-state index is -0.110. The zero-order chi connectivity index (χ0) is 42.1. The molecule has 0 radical (unpaired) electrons. The average Bonchev–Trinajstić information content (AvgIpc) is 3.97. The van der Waals surface area contributed by atoms with Crippen molar-refractivity contribution < 1.29 is 0 Å². The fourth-order valence-electron chi connectivity index (χ4n) is 10.7. The van der Waals surface area contributed by atoms with Crippen molar-refractivity contribution >= 4 is 44.9 Å². The van der Waals surface area contributed by atoms with E-state index in [1.165, 1.54) is 71.6 Å². The Bertz CT molecular complexity index is 3470. The molecule has 4 aliphatic rings. The van der Waals surface area contributed by atoms with Crippen LogP contribution in [0.2, 0.25) is 0 Å². The number of nitrogens with one attached hydrogen (secondary N) is 1. The molecule has 8 aromatic carbocycles. The summed E-state index contributed by atoms with van der Waals surface area (Å²) in [5, 5.41) is 7.83. The second-order valence-electron chi connectivity index (χ2n) is 17.1. The van der Waals surface area contributed by atoms with Gasteiger partial charge in [0.2, 0.25) is 0 Å². The lowest BCUT2D eigenvalue weighted by molar-refractivity contribution is 0.705. The third kappa shape index (κ3) is 5.80. The SMILES string of the molecule is C1=CC2=c3ccccc3=C3c4ccc5c(ccn5-c5ccccc5)c4N(c4ccc(C5=Nc6ccccc6C(c6cc(-c7ccccc7)cc(-c7ccccc7)c6)N5)cc4)C3C2C=C1. The Kier molecular flexibility index (Phi) is 8.38. The highest BCUT2D eigenvalue weighted by Crippen LogP contribution is 2.52. The van der Waals surface area contributed by atoms with Crippen molar-refractivity contribution in [3.05, 3.63) is 263 Å². The molecule has 2 aliphatic carbocycles. The van der Waals surface area contributed by atoms with E-state index in [0.717, 1.165) is 34.0 Å². The van der Waals surface area contributed by atoms with E-state index >= 15 is 0 Å². The molecule has 3 heterocycles. The van der Waals surface area contributed by atoms with Crippen molar-refractivity contribution in [3.63, 3.8) is 0 Å². The summed E-state index contributed by atoms with van der Waals surface area (Å²) in [6, 6.07) is 72.7. The highest BCUT2D eigenvalue weighted by Gasteiger charge is 2.44. The number of amidine groups is 1. The topological polar surface area (TPSA) is 32.6 Å². The number of hydrogen-bond acceptors (Lipinski definition) is 3. The summed E-state index contributed by atoms with van der Waals surface area (Å²) in [4.78, 5) is 7.93. The van der Waals surface area contributed by atoms with Crippen LogP contribution in [0.3, 0.4) is 0 Å². The molecule has 1 N–H and O–H groups in total. The van der Waals surface area contributed by atoms with E-state index in [2.05, 4.69) is 245 Å². The summed E-state index contributed by atoms with van der Waals surface area (Å²) in [7, 11) is 0. The summed E-state index contributed by atoms with van der Waals surface area (Å²) in [5.41, 5.74) is 18.0. The monoisotopic (exact) mass is 818 g/mol. The standard InChI is InChI=1S/C60H42N4/c1-4-16-39(17-5-1)42-36-43(40-18-6-2-7-19-40)38-44(37-42)57-51-26-14-15-27-54(51)61-60(62-57)41-28-30-46(31-29-41)64-58-52-34-35-63(45-20-8-3-9-21-45)55(52)33-32-53(58)56-49-24-12-10-22-47(49)48-23-11-13-25-50(48)59(56)64/h1-38,50,57,59H,(H,61,62). The largest absolute Gasteiger partial charge is 0.359 e. The van der Waals surface area contributed by atoms with Gasteiger partial charge in [-0.25, -0.2) is 4.99 Å². The second-order valence-corrected chi connectivity index (χ2v) is 17.1. The molecule has 302 valence electrons. The van der Waals surface area contributed by atoms with Crippen molar-refractivity contribution in [2.24, 2.45) is 10.9 Å². The number of fused-ring (bicyclic) bond motifs is 9.